The molecule has 2 fully saturated rings. The molecular weight excluding hydrogens is 377 g/mol. The fraction of sp³-hybridized carbons (Fsp3) is 0.571. The van der Waals surface area contributed by atoms with Gasteiger partial charge in [0.05, 0.1) is 12.7 Å². The maximum atomic E-state index is 14.0. The molecule has 0 bridgehead atoms. The lowest BCUT2D eigenvalue weighted by Crippen LogP contribution is -2.51. The summed E-state index contributed by atoms with van der Waals surface area (Å²) in [7, 11) is 1.40. The first kappa shape index (κ1) is 19.8. The fourth-order valence-electron chi connectivity index (χ4n) is 4.42. The van der Waals surface area contributed by atoms with E-state index >= 15 is 0 Å². The molecule has 1 amide bonds. The zero-order valence-corrected chi connectivity index (χ0v) is 16.8. The number of likely N-dealkylation sites (tertiary alicyclic amines) is 1. The molecule has 8 heteroatoms. The van der Waals surface area contributed by atoms with Gasteiger partial charge < -0.3 is 18.9 Å². The molecule has 1 aromatic heterocycles. The number of ether oxygens (including phenoxy) is 2. The molecular formula is C21H26FN3O4. The number of rotatable bonds is 4. The van der Waals surface area contributed by atoms with E-state index in [2.05, 4.69) is 10.1 Å². The van der Waals surface area contributed by atoms with Crippen LogP contribution in [0.3, 0.4) is 0 Å². The summed E-state index contributed by atoms with van der Waals surface area (Å²) in [6, 6.07) is 4.33. The Hall–Kier alpha value is -2.48. The van der Waals surface area contributed by atoms with Gasteiger partial charge in [-0.05, 0) is 56.7 Å². The summed E-state index contributed by atoms with van der Waals surface area (Å²) >= 11 is 0. The zero-order valence-electron chi connectivity index (χ0n) is 16.8. The number of hydrogen-bond acceptors (Lipinski definition) is 6. The average Bonchev–Trinajstić information content (AvgIpc) is 3.12. The van der Waals surface area contributed by atoms with E-state index in [4.69, 9.17) is 14.0 Å². The molecule has 1 unspecified atom stereocenters. The zero-order chi connectivity index (χ0) is 20.4. The van der Waals surface area contributed by atoms with Crippen molar-refractivity contribution in [3.63, 3.8) is 0 Å². The predicted molar refractivity (Wildman–Crippen MR) is 102 cm³/mol. The number of carbonyl (C=O) groups is 1. The molecule has 156 valence electrons. The number of carbonyl (C=O) groups excluding carboxylic acids is 1. The van der Waals surface area contributed by atoms with E-state index in [-0.39, 0.29) is 17.3 Å². The minimum absolute atomic E-state index is 0.136. The Morgan fingerprint density at radius 3 is 2.83 bits per heavy atom. The quantitative estimate of drug-likeness (QED) is 0.780. The fourth-order valence-corrected chi connectivity index (χ4v) is 4.42. The van der Waals surface area contributed by atoms with Gasteiger partial charge in [-0.1, -0.05) is 5.16 Å². The van der Waals surface area contributed by atoms with Crippen LogP contribution in [-0.2, 0) is 11.2 Å². The van der Waals surface area contributed by atoms with Crippen molar-refractivity contribution in [2.75, 3.05) is 26.8 Å². The van der Waals surface area contributed by atoms with Gasteiger partial charge in [-0.2, -0.15) is 4.98 Å². The van der Waals surface area contributed by atoms with Gasteiger partial charge in [0.15, 0.2) is 17.4 Å². The van der Waals surface area contributed by atoms with E-state index in [0.717, 1.165) is 32.1 Å². The smallest absolute Gasteiger partial charge is 0.253 e. The van der Waals surface area contributed by atoms with Crippen molar-refractivity contribution in [3.05, 3.63) is 41.3 Å². The van der Waals surface area contributed by atoms with Crippen molar-refractivity contribution in [1.29, 1.82) is 0 Å². The third-order valence-corrected chi connectivity index (χ3v) is 5.99. The van der Waals surface area contributed by atoms with Gasteiger partial charge in [0, 0.05) is 31.7 Å². The van der Waals surface area contributed by atoms with E-state index in [0.29, 0.717) is 42.9 Å². The topological polar surface area (TPSA) is 77.7 Å². The summed E-state index contributed by atoms with van der Waals surface area (Å²) < 4.78 is 30.3. The highest BCUT2D eigenvalue weighted by Gasteiger charge is 2.41. The van der Waals surface area contributed by atoms with Crippen LogP contribution in [0, 0.1) is 18.7 Å². The summed E-state index contributed by atoms with van der Waals surface area (Å²) in [4.78, 5) is 18.9. The molecule has 0 radical (unpaired) electrons. The van der Waals surface area contributed by atoms with Gasteiger partial charge in [0.25, 0.3) is 5.91 Å². The summed E-state index contributed by atoms with van der Waals surface area (Å²) in [6.07, 6.45) is 4.21. The number of amides is 1. The van der Waals surface area contributed by atoms with E-state index < -0.39 is 5.82 Å². The molecule has 1 atom stereocenters. The standard InChI is InChI=1S/C21H26FN3O4/c1-14-23-19(29-24-14)11-15-5-10-28-21(13-15)6-8-25(9-7-21)20(26)16-3-4-18(27-2)17(22)12-16/h3-4,12,15H,5-11,13H2,1-2H3. The first-order chi connectivity index (χ1) is 14.0. The molecule has 2 saturated heterocycles. The minimum atomic E-state index is -0.526. The third kappa shape index (κ3) is 4.27. The van der Waals surface area contributed by atoms with Gasteiger partial charge in [-0.15, -0.1) is 0 Å². The molecule has 0 aliphatic carbocycles. The lowest BCUT2D eigenvalue weighted by Gasteiger charge is -2.46. The SMILES string of the molecule is COc1ccc(C(=O)N2CCC3(CC2)CC(Cc2nc(C)no2)CCO3)cc1F. The third-order valence-electron chi connectivity index (χ3n) is 5.99. The van der Waals surface area contributed by atoms with Crippen LogP contribution in [0.2, 0.25) is 0 Å². The van der Waals surface area contributed by atoms with Crippen LogP contribution in [0.5, 0.6) is 5.75 Å². The van der Waals surface area contributed by atoms with Crippen LogP contribution in [0.4, 0.5) is 4.39 Å². The van der Waals surface area contributed by atoms with Crippen LogP contribution in [0.15, 0.2) is 22.7 Å². The van der Waals surface area contributed by atoms with Crippen molar-refractivity contribution < 1.29 is 23.2 Å². The Morgan fingerprint density at radius 2 is 2.17 bits per heavy atom. The van der Waals surface area contributed by atoms with E-state index in [1.165, 1.54) is 19.2 Å². The van der Waals surface area contributed by atoms with E-state index in [9.17, 15) is 9.18 Å². The second-order valence-corrected chi connectivity index (χ2v) is 7.97. The highest BCUT2D eigenvalue weighted by molar-refractivity contribution is 5.94. The number of piperidine rings is 1. The number of benzene rings is 1. The summed E-state index contributed by atoms with van der Waals surface area (Å²) in [5.41, 5.74) is 0.133. The summed E-state index contributed by atoms with van der Waals surface area (Å²) in [5, 5.41) is 3.87. The molecule has 1 aromatic carbocycles. The number of halogens is 1. The number of hydrogen-bond donors (Lipinski definition) is 0. The van der Waals surface area contributed by atoms with E-state index in [1.807, 2.05) is 6.92 Å². The molecule has 3 heterocycles. The molecule has 0 N–H and O–H groups in total. The first-order valence-corrected chi connectivity index (χ1v) is 10.0. The molecule has 4 rings (SSSR count). The largest absolute Gasteiger partial charge is 0.494 e. The molecule has 1 spiro atoms. The molecule has 7 nitrogen and oxygen atoms in total. The highest BCUT2D eigenvalue weighted by Crippen LogP contribution is 2.39. The lowest BCUT2D eigenvalue weighted by molar-refractivity contribution is -0.124. The van der Waals surface area contributed by atoms with Crippen molar-refractivity contribution in [2.24, 2.45) is 5.92 Å². The Bertz CT molecular complexity index is 877. The van der Waals surface area contributed by atoms with Gasteiger partial charge in [0.1, 0.15) is 0 Å². The Kier molecular flexibility index (Phi) is 5.54. The van der Waals surface area contributed by atoms with Crippen molar-refractivity contribution in [3.8, 4) is 5.75 Å². The Labute approximate surface area is 169 Å². The van der Waals surface area contributed by atoms with Crippen LogP contribution < -0.4 is 4.74 Å². The van der Waals surface area contributed by atoms with Gasteiger partial charge >= 0.3 is 0 Å². The van der Waals surface area contributed by atoms with Gasteiger partial charge in [0.2, 0.25) is 5.89 Å². The summed E-state index contributed by atoms with van der Waals surface area (Å²) in [6.45, 7) is 3.72. The second-order valence-electron chi connectivity index (χ2n) is 7.97. The number of methoxy groups -OCH3 is 1. The predicted octanol–water partition coefficient (Wildman–Crippen LogP) is 3.17. The van der Waals surface area contributed by atoms with Gasteiger partial charge in [-0.3, -0.25) is 4.79 Å². The lowest BCUT2D eigenvalue weighted by atomic mass is 9.78. The maximum Gasteiger partial charge on any atom is 0.253 e. The molecule has 2 aromatic rings. The minimum Gasteiger partial charge on any atom is -0.494 e. The van der Waals surface area contributed by atoms with Crippen molar-refractivity contribution in [1.82, 2.24) is 15.0 Å². The number of nitrogens with zero attached hydrogens (tertiary/aromatic N) is 3. The second kappa shape index (κ2) is 8.10. The maximum absolute atomic E-state index is 14.0. The molecule has 0 saturated carbocycles. The van der Waals surface area contributed by atoms with Crippen LogP contribution in [-0.4, -0.2) is 53.4 Å². The molecule has 29 heavy (non-hydrogen) atoms. The normalized spacial score (nSPS) is 21.3. The van der Waals surface area contributed by atoms with Crippen molar-refractivity contribution in [2.45, 2.75) is 44.6 Å². The summed E-state index contributed by atoms with van der Waals surface area (Å²) in [5.74, 6) is 1.22. The Morgan fingerprint density at radius 1 is 1.38 bits per heavy atom. The highest BCUT2D eigenvalue weighted by atomic mass is 19.1. The molecule has 2 aliphatic heterocycles. The number of aryl methyl sites for hydroxylation is 1. The monoisotopic (exact) mass is 403 g/mol. The van der Waals surface area contributed by atoms with Crippen LogP contribution in [0.1, 0.15) is 47.8 Å². The molecule has 2 aliphatic rings. The first-order valence-electron chi connectivity index (χ1n) is 10.0. The number of aromatic nitrogens is 2. The van der Waals surface area contributed by atoms with Crippen LogP contribution in [0.25, 0.3) is 0 Å². The van der Waals surface area contributed by atoms with Crippen LogP contribution >= 0.6 is 0 Å². The Balaban J connectivity index is 1.36. The van der Waals surface area contributed by atoms with E-state index in [1.54, 1.807) is 11.0 Å². The average molecular weight is 403 g/mol. The van der Waals surface area contributed by atoms with Crippen molar-refractivity contribution >= 4 is 5.91 Å². The van der Waals surface area contributed by atoms with Gasteiger partial charge in [-0.25, -0.2) is 4.39 Å².